The molecule has 2 aliphatic rings. The number of benzene rings is 2. The summed E-state index contributed by atoms with van der Waals surface area (Å²) in [7, 11) is -1.96. The van der Waals surface area contributed by atoms with Crippen LogP contribution in [0.2, 0.25) is 0 Å². The standard InChI is InChI=1S/C26H32N4O5S/c1-3-35-25(31)23-22(28(2)26(32)27-24(23)20-11-6-4-7-12-20)19-29-15-10-16-30(18-17-29)36(33,34)21-13-8-5-9-14-21/h4-9,11-14,24H,3,10,15-19H2,1-2H3,(H,27,32). The lowest BCUT2D eigenvalue weighted by Gasteiger charge is -2.36. The van der Waals surface area contributed by atoms with E-state index in [0.717, 1.165) is 5.56 Å². The Balaban J connectivity index is 1.61. The number of hydrogen-bond acceptors (Lipinski definition) is 6. The average molecular weight is 513 g/mol. The van der Waals surface area contributed by atoms with Gasteiger partial charge in [-0.05, 0) is 37.6 Å². The highest BCUT2D eigenvalue weighted by Gasteiger charge is 2.37. The number of likely N-dealkylation sites (N-methyl/N-ethyl adjacent to an activating group) is 1. The lowest BCUT2D eigenvalue weighted by atomic mass is 9.94. The van der Waals surface area contributed by atoms with Crippen molar-refractivity contribution in [2.75, 3.05) is 46.4 Å². The van der Waals surface area contributed by atoms with Gasteiger partial charge >= 0.3 is 12.0 Å². The molecule has 10 heteroatoms. The first-order valence-electron chi connectivity index (χ1n) is 12.1. The Hall–Kier alpha value is -3.21. The number of ether oxygens (including phenoxy) is 1. The van der Waals surface area contributed by atoms with E-state index in [4.69, 9.17) is 4.74 Å². The first-order chi connectivity index (χ1) is 17.3. The van der Waals surface area contributed by atoms with Crippen molar-refractivity contribution in [2.24, 2.45) is 0 Å². The summed E-state index contributed by atoms with van der Waals surface area (Å²) >= 11 is 0. The Morgan fingerprint density at radius 1 is 1.00 bits per heavy atom. The van der Waals surface area contributed by atoms with E-state index < -0.39 is 22.0 Å². The number of amides is 2. The van der Waals surface area contributed by atoms with Crippen LogP contribution in [0.3, 0.4) is 0 Å². The predicted octanol–water partition coefficient (Wildman–Crippen LogP) is 2.60. The fraction of sp³-hybridized carbons (Fsp3) is 0.385. The number of nitrogens with one attached hydrogen (secondary N) is 1. The number of esters is 1. The summed E-state index contributed by atoms with van der Waals surface area (Å²) in [5.74, 6) is -0.476. The molecule has 0 spiro atoms. The van der Waals surface area contributed by atoms with Gasteiger partial charge in [0.15, 0.2) is 0 Å². The summed E-state index contributed by atoms with van der Waals surface area (Å²) in [5.41, 5.74) is 1.74. The molecule has 0 bridgehead atoms. The number of urea groups is 1. The van der Waals surface area contributed by atoms with Crippen molar-refractivity contribution in [3.63, 3.8) is 0 Å². The quantitative estimate of drug-likeness (QED) is 0.573. The number of carbonyl (C=O) groups is 2. The van der Waals surface area contributed by atoms with E-state index in [1.54, 1.807) is 44.3 Å². The van der Waals surface area contributed by atoms with Crippen LogP contribution in [0.15, 0.2) is 76.8 Å². The molecule has 1 fully saturated rings. The fourth-order valence-electron chi connectivity index (χ4n) is 4.59. The Labute approximate surface area is 212 Å². The van der Waals surface area contributed by atoms with E-state index >= 15 is 0 Å². The summed E-state index contributed by atoms with van der Waals surface area (Å²) in [5, 5.41) is 2.92. The van der Waals surface area contributed by atoms with Gasteiger partial charge in [-0.15, -0.1) is 0 Å². The normalized spacial score (nSPS) is 20.1. The van der Waals surface area contributed by atoms with Gasteiger partial charge in [-0.1, -0.05) is 48.5 Å². The van der Waals surface area contributed by atoms with Gasteiger partial charge in [0.05, 0.1) is 23.1 Å². The molecular weight excluding hydrogens is 480 g/mol. The first-order valence-corrected chi connectivity index (χ1v) is 13.5. The van der Waals surface area contributed by atoms with Gasteiger partial charge in [0.1, 0.15) is 0 Å². The van der Waals surface area contributed by atoms with E-state index in [0.29, 0.717) is 50.4 Å². The molecule has 192 valence electrons. The number of carbonyl (C=O) groups excluding carboxylic acids is 2. The van der Waals surface area contributed by atoms with Crippen molar-refractivity contribution in [1.82, 2.24) is 19.4 Å². The smallest absolute Gasteiger partial charge is 0.338 e. The van der Waals surface area contributed by atoms with E-state index in [9.17, 15) is 18.0 Å². The summed E-state index contributed by atoms with van der Waals surface area (Å²) in [6.45, 7) is 4.10. The largest absolute Gasteiger partial charge is 0.463 e. The van der Waals surface area contributed by atoms with Crippen LogP contribution < -0.4 is 5.32 Å². The maximum Gasteiger partial charge on any atom is 0.338 e. The van der Waals surface area contributed by atoms with E-state index in [1.165, 1.54) is 9.21 Å². The summed E-state index contributed by atoms with van der Waals surface area (Å²) in [6.07, 6.45) is 0.631. The Bertz CT molecular complexity index is 1220. The maximum absolute atomic E-state index is 13.1. The molecule has 0 radical (unpaired) electrons. The molecule has 36 heavy (non-hydrogen) atoms. The Kier molecular flexibility index (Phi) is 8.07. The summed E-state index contributed by atoms with van der Waals surface area (Å²) in [6, 6.07) is 16.8. The van der Waals surface area contributed by atoms with Crippen LogP contribution in [0.5, 0.6) is 0 Å². The van der Waals surface area contributed by atoms with Gasteiger partial charge < -0.3 is 10.1 Å². The van der Waals surface area contributed by atoms with Crippen molar-refractivity contribution in [2.45, 2.75) is 24.3 Å². The molecule has 0 aliphatic carbocycles. The first kappa shape index (κ1) is 25.9. The monoisotopic (exact) mass is 512 g/mol. The van der Waals surface area contributed by atoms with Gasteiger partial charge in [0, 0.05) is 38.9 Å². The lowest BCUT2D eigenvalue weighted by molar-refractivity contribution is -0.139. The molecule has 0 aromatic heterocycles. The number of hydrogen-bond donors (Lipinski definition) is 1. The number of sulfonamides is 1. The zero-order valence-corrected chi connectivity index (χ0v) is 21.4. The molecule has 4 rings (SSSR count). The molecular formula is C26H32N4O5S. The molecule has 1 atom stereocenters. The molecule has 2 aromatic rings. The molecule has 2 amide bonds. The highest BCUT2D eigenvalue weighted by atomic mass is 32.2. The minimum absolute atomic E-state index is 0.213. The van der Waals surface area contributed by atoms with Gasteiger partial charge in [-0.3, -0.25) is 9.80 Å². The van der Waals surface area contributed by atoms with Crippen LogP contribution in [-0.4, -0.2) is 80.9 Å². The topological polar surface area (TPSA) is 99.3 Å². The number of rotatable bonds is 7. The highest BCUT2D eigenvalue weighted by molar-refractivity contribution is 7.89. The average Bonchev–Trinajstić information content (AvgIpc) is 3.14. The van der Waals surface area contributed by atoms with Crippen molar-refractivity contribution >= 4 is 22.0 Å². The summed E-state index contributed by atoms with van der Waals surface area (Å²) in [4.78, 5) is 29.8. The van der Waals surface area contributed by atoms with Gasteiger partial charge in [0.25, 0.3) is 0 Å². The molecule has 9 nitrogen and oxygen atoms in total. The fourth-order valence-corrected chi connectivity index (χ4v) is 6.08. The zero-order chi connectivity index (χ0) is 25.7. The zero-order valence-electron chi connectivity index (χ0n) is 20.6. The van der Waals surface area contributed by atoms with Crippen molar-refractivity contribution in [3.05, 3.63) is 77.5 Å². The van der Waals surface area contributed by atoms with Gasteiger partial charge in [-0.2, -0.15) is 4.31 Å². The predicted molar refractivity (Wildman–Crippen MR) is 135 cm³/mol. The van der Waals surface area contributed by atoms with Crippen LogP contribution in [0, 0.1) is 0 Å². The third-order valence-corrected chi connectivity index (χ3v) is 8.42. The highest BCUT2D eigenvalue weighted by Crippen LogP contribution is 2.31. The van der Waals surface area contributed by atoms with E-state index in [2.05, 4.69) is 10.2 Å². The third-order valence-electron chi connectivity index (χ3n) is 6.51. The second-order valence-corrected chi connectivity index (χ2v) is 10.7. The molecule has 1 unspecified atom stereocenters. The molecule has 0 saturated carbocycles. The van der Waals surface area contributed by atoms with E-state index in [-0.39, 0.29) is 17.5 Å². The van der Waals surface area contributed by atoms with Gasteiger partial charge in [-0.25, -0.2) is 18.0 Å². The molecule has 2 aromatic carbocycles. The minimum atomic E-state index is -3.59. The van der Waals surface area contributed by atoms with Crippen molar-refractivity contribution < 1.29 is 22.7 Å². The van der Waals surface area contributed by atoms with Crippen LogP contribution in [0.1, 0.15) is 24.9 Å². The lowest BCUT2D eigenvalue weighted by Crippen LogP contribution is -2.49. The molecule has 2 aliphatic heterocycles. The van der Waals surface area contributed by atoms with Crippen LogP contribution in [0.25, 0.3) is 0 Å². The second kappa shape index (κ2) is 11.2. The second-order valence-electron chi connectivity index (χ2n) is 8.78. The summed E-state index contributed by atoms with van der Waals surface area (Å²) < 4.78 is 33.1. The SMILES string of the molecule is CCOC(=O)C1=C(CN2CCCN(S(=O)(=O)c3ccccc3)CC2)N(C)C(=O)NC1c1ccccc1. The van der Waals surface area contributed by atoms with Crippen LogP contribution in [-0.2, 0) is 19.6 Å². The minimum Gasteiger partial charge on any atom is -0.463 e. The number of nitrogens with zero attached hydrogens (tertiary/aromatic N) is 3. The third kappa shape index (κ3) is 5.45. The van der Waals surface area contributed by atoms with Crippen molar-refractivity contribution in [1.29, 1.82) is 0 Å². The van der Waals surface area contributed by atoms with Crippen molar-refractivity contribution in [3.8, 4) is 0 Å². The van der Waals surface area contributed by atoms with Crippen LogP contribution in [0.4, 0.5) is 4.79 Å². The Morgan fingerprint density at radius 3 is 2.33 bits per heavy atom. The molecule has 1 N–H and O–H groups in total. The maximum atomic E-state index is 13.1. The molecule has 2 heterocycles. The molecule has 1 saturated heterocycles. The van der Waals surface area contributed by atoms with E-state index in [1.807, 2.05) is 30.3 Å². The van der Waals surface area contributed by atoms with Crippen LogP contribution >= 0.6 is 0 Å². The Morgan fingerprint density at radius 2 is 1.67 bits per heavy atom. The van der Waals surface area contributed by atoms with Gasteiger partial charge in [0.2, 0.25) is 10.0 Å².